The maximum Gasteiger partial charge on any atom is 0.330 e. The molecule has 8 nitrogen and oxygen atoms in total. The van der Waals surface area contributed by atoms with Crippen molar-refractivity contribution in [2.45, 2.75) is 115 Å². The highest BCUT2D eigenvalue weighted by Crippen LogP contribution is 2.21. The van der Waals surface area contributed by atoms with Crippen molar-refractivity contribution in [2.75, 3.05) is 13.2 Å². The van der Waals surface area contributed by atoms with Gasteiger partial charge in [0, 0.05) is 25.4 Å². The van der Waals surface area contributed by atoms with E-state index in [0.717, 1.165) is 38.5 Å². The van der Waals surface area contributed by atoms with Crippen LogP contribution in [0.2, 0.25) is 0 Å². The SMILES string of the molecule is C[C@@H]1CC[C@H](OC2CCCCO2)/C=C/C(=O)O[C@H](C)CC[C@H](OC2CCCCO2)/C=C/C(=O)O1. The topological polar surface area (TPSA) is 89.5 Å². The Morgan fingerprint density at radius 1 is 0.647 bits per heavy atom. The molecule has 0 spiro atoms. The fraction of sp³-hybridized carbons (Fsp3) is 0.769. The summed E-state index contributed by atoms with van der Waals surface area (Å²) in [4.78, 5) is 24.8. The van der Waals surface area contributed by atoms with Gasteiger partial charge in [-0.15, -0.1) is 0 Å². The second kappa shape index (κ2) is 14.6. The highest BCUT2D eigenvalue weighted by atomic mass is 16.7. The second-order valence-corrected chi connectivity index (χ2v) is 9.31. The van der Waals surface area contributed by atoms with Crippen molar-refractivity contribution in [3.8, 4) is 0 Å². The van der Waals surface area contributed by atoms with E-state index in [1.165, 1.54) is 12.2 Å². The third-order valence-corrected chi connectivity index (χ3v) is 6.17. The van der Waals surface area contributed by atoms with Gasteiger partial charge in [-0.1, -0.05) is 0 Å². The number of ether oxygens (including phenoxy) is 6. The number of cyclic esters (lactones) is 2. The van der Waals surface area contributed by atoms with E-state index < -0.39 is 11.9 Å². The molecule has 3 heterocycles. The van der Waals surface area contributed by atoms with Crippen LogP contribution in [0.3, 0.4) is 0 Å². The van der Waals surface area contributed by atoms with Crippen molar-refractivity contribution in [1.82, 2.24) is 0 Å². The Morgan fingerprint density at radius 2 is 1.09 bits per heavy atom. The molecule has 192 valence electrons. The van der Waals surface area contributed by atoms with Gasteiger partial charge in [0.1, 0.15) is 0 Å². The van der Waals surface area contributed by atoms with Crippen LogP contribution in [-0.4, -0.2) is 62.1 Å². The van der Waals surface area contributed by atoms with E-state index in [1.807, 2.05) is 13.8 Å². The Labute approximate surface area is 202 Å². The number of esters is 2. The maximum absolute atomic E-state index is 12.4. The quantitative estimate of drug-likeness (QED) is 0.549. The van der Waals surface area contributed by atoms with Gasteiger partial charge < -0.3 is 28.4 Å². The number of rotatable bonds is 4. The third kappa shape index (κ3) is 10.3. The minimum Gasteiger partial charge on any atom is -0.460 e. The van der Waals surface area contributed by atoms with Crippen LogP contribution in [-0.2, 0) is 38.0 Å². The lowest BCUT2D eigenvalue weighted by Crippen LogP contribution is -2.29. The zero-order chi connectivity index (χ0) is 24.2. The Bertz CT molecular complexity index is 620. The fourth-order valence-electron chi connectivity index (χ4n) is 4.21. The summed E-state index contributed by atoms with van der Waals surface area (Å²) in [5.74, 6) is -0.804. The summed E-state index contributed by atoms with van der Waals surface area (Å²) in [6, 6.07) is 0. The average Bonchev–Trinajstić information content (AvgIpc) is 2.83. The molecule has 3 rings (SSSR count). The summed E-state index contributed by atoms with van der Waals surface area (Å²) in [5, 5.41) is 0. The lowest BCUT2D eigenvalue weighted by molar-refractivity contribution is -0.181. The van der Waals surface area contributed by atoms with E-state index >= 15 is 0 Å². The van der Waals surface area contributed by atoms with Crippen LogP contribution in [0, 0.1) is 0 Å². The van der Waals surface area contributed by atoms with E-state index in [9.17, 15) is 9.59 Å². The van der Waals surface area contributed by atoms with Crippen LogP contribution in [0.15, 0.2) is 24.3 Å². The number of hydrogen-bond donors (Lipinski definition) is 0. The van der Waals surface area contributed by atoms with Crippen molar-refractivity contribution >= 4 is 11.9 Å². The van der Waals surface area contributed by atoms with Crippen LogP contribution in [0.25, 0.3) is 0 Å². The first-order valence-electron chi connectivity index (χ1n) is 12.8. The Hall–Kier alpha value is -1.74. The molecule has 3 aliphatic heterocycles. The molecule has 34 heavy (non-hydrogen) atoms. The average molecular weight is 481 g/mol. The maximum atomic E-state index is 12.4. The van der Waals surface area contributed by atoms with E-state index in [-0.39, 0.29) is 37.0 Å². The van der Waals surface area contributed by atoms with Gasteiger partial charge in [0.15, 0.2) is 12.6 Å². The monoisotopic (exact) mass is 480 g/mol. The molecular formula is C26H40O8. The summed E-state index contributed by atoms with van der Waals surface area (Å²) >= 11 is 0. The molecule has 8 heteroatoms. The number of hydrogen-bond acceptors (Lipinski definition) is 8. The van der Waals surface area contributed by atoms with Gasteiger partial charge in [0.25, 0.3) is 0 Å². The molecule has 0 aromatic rings. The molecule has 0 radical (unpaired) electrons. The van der Waals surface area contributed by atoms with Gasteiger partial charge in [-0.2, -0.15) is 0 Å². The van der Waals surface area contributed by atoms with Gasteiger partial charge in [-0.25, -0.2) is 9.59 Å². The van der Waals surface area contributed by atoms with E-state index in [0.29, 0.717) is 38.9 Å². The second-order valence-electron chi connectivity index (χ2n) is 9.31. The third-order valence-electron chi connectivity index (χ3n) is 6.17. The standard InChI is InChI=1S/C26H40O8/c1-19-9-11-21(33-25-7-3-5-17-29-25)14-16-24(28)32-20(2)10-12-22(13-15-23(27)31-19)34-26-8-4-6-18-30-26/h13-16,19-22,25-26H,3-12,17-18H2,1-2H3/b15-13+,16-14+/t19-,20-,21+,22+,25?,26?/m1/s1. The van der Waals surface area contributed by atoms with Crippen LogP contribution >= 0.6 is 0 Å². The summed E-state index contributed by atoms with van der Waals surface area (Å²) in [7, 11) is 0. The molecule has 2 unspecified atom stereocenters. The van der Waals surface area contributed by atoms with Gasteiger partial charge in [0.05, 0.1) is 24.4 Å². The highest BCUT2D eigenvalue weighted by Gasteiger charge is 2.22. The van der Waals surface area contributed by atoms with Crippen LogP contribution in [0.4, 0.5) is 0 Å². The lowest BCUT2D eigenvalue weighted by atomic mass is 10.1. The first-order chi connectivity index (χ1) is 16.5. The Balaban J connectivity index is 1.63. The van der Waals surface area contributed by atoms with E-state index in [4.69, 9.17) is 28.4 Å². The van der Waals surface area contributed by atoms with Crippen LogP contribution in [0.5, 0.6) is 0 Å². The first-order valence-corrected chi connectivity index (χ1v) is 12.8. The molecule has 0 aromatic heterocycles. The summed E-state index contributed by atoms with van der Waals surface area (Å²) < 4.78 is 34.6. The van der Waals surface area contributed by atoms with Gasteiger partial charge in [-0.05, 0) is 90.2 Å². The fourth-order valence-corrected chi connectivity index (χ4v) is 4.21. The predicted octanol–water partition coefficient (Wildman–Crippen LogP) is 4.36. The van der Waals surface area contributed by atoms with Gasteiger partial charge in [-0.3, -0.25) is 0 Å². The zero-order valence-corrected chi connectivity index (χ0v) is 20.5. The summed E-state index contributed by atoms with van der Waals surface area (Å²) in [6.07, 6.45) is 12.6. The molecule has 0 aliphatic carbocycles. The molecule has 2 fully saturated rings. The lowest BCUT2D eigenvalue weighted by Gasteiger charge is -2.27. The largest absolute Gasteiger partial charge is 0.460 e. The highest BCUT2D eigenvalue weighted by molar-refractivity contribution is 5.82. The minimum atomic E-state index is -0.402. The van der Waals surface area contributed by atoms with Crippen LogP contribution in [0.1, 0.15) is 78.1 Å². The molecule has 0 bridgehead atoms. The molecule has 6 atom stereocenters. The summed E-state index contributed by atoms with van der Waals surface area (Å²) in [5.41, 5.74) is 0. The Morgan fingerprint density at radius 3 is 1.47 bits per heavy atom. The van der Waals surface area contributed by atoms with Crippen molar-refractivity contribution in [3.63, 3.8) is 0 Å². The van der Waals surface area contributed by atoms with Crippen molar-refractivity contribution in [1.29, 1.82) is 0 Å². The zero-order valence-electron chi connectivity index (χ0n) is 20.5. The first kappa shape index (κ1) is 26.9. The molecule has 3 aliphatic rings. The number of carbonyl (C=O) groups excluding carboxylic acids is 2. The van der Waals surface area contributed by atoms with Crippen molar-refractivity contribution in [2.24, 2.45) is 0 Å². The van der Waals surface area contributed by atoms with Crippen LogP contribution < -0.4 is 0 Å². The number of carbonyl (C=O) groups is 2. The molecule has 2 saturated heterocycles. The smallest absolute Gasteiger partial charge is 0.330 e. The predicted molar refractivity (Wildman–Crippen MR) is 125 cm³/mol. The molecule has 0 amide bonds. The molecule has 0 N–H and O–H groups in total. The summed E-state index contributed by atoms with van der Waals surface area (Å²) in [6.45, 7) is 5.07. The van der Waals surface area contributed by atoms with Crippen molar-refractivity contribution in [3.05, 3.63) is 24.3 Å². The molecular weight excluding hydrogens is 440 g/mol. The molecule has 0 aromatic carbocycles. The normalized spacial score (nSPS) is 36.8. The Kier molecular flexibility index (Phi) is 11.5. The van der Waals surface area contributed by atoms with Crippen molar-refractivity contribution < 1.29 is 38.0 Å². The van der Waals surface area contributed by atoms with Gasteiger partial charge in [0.2, 0.25) is 0 Å². The van der Waals surface area contributed by atoms with Gasteiger partial charge >= 0.3 is 11.9 Å². The van der Waals surface area contributed by atoms with E-state index in [2.05, 4.69) is 0 Å². The van der Waals surface area contributed by atoms with E-state index in [1.54, 1.807) is 12.2 Å². The minimum absolute atomic E-state index is 0.283. The molecule has 0 saturated carbocycles.